The molecule has 5 aliphatic heterocycles. The van der Waals surface area contributed by atoms with Gasteiger partial charge in [0.1, 0.15) is 36.5 Å². The van der Waals surface area contributed by atoms with E-state index in [2.05, 4.69) is 21.8 Å². The zero-order valence-electron chi connectivity index (χ0n) is 43.0. The van der Waals surface area contributed by atoms with Crippen LogP contribution in [0, 0.1) is 13.8 Å². The summed E-state index contributed by atoms with van der Waals surface area (Å²) in [5.74, 6) is -1.81. The predicted molar refractivity (Wildman–Crippen MR) is 280 cm³/mol. The number of aromatic amines is 2. The molecule has 0 spiro atoms. The molecule has 5 aliphatic rings. The van der Waals surface area contributed by atoms with Crippen LogP contribution in [0.15, 0.2) is 24.3 Å². The third kappa shape index (κ3) is 11.4. The Morgan fingerprint density at radius 3 is 2.39 bits per heavy atom. The maximum Gasteiger partial charge on any atom is 0.330 e. The fourth-order valence-electron chi connectivity index (χ4n) is 10.3. The van der Waals surface area contributed by atoms with Crippen molar-refractivity contribution in [3.8, 4) is 0 Å². The number of nitrogens with two attached hydrogens (primary N) is 1. The first-order valence-electron chi connectivity index (χ1n) is 25.5. The zero-order chi connectivity index (χ0) is 53.0. The Bertz CT molecular complexity index is 2840. The van der Waals surface area contributed by atoms with Gasteiger partial charge in [0.25, 0.3) is 11.8 Å². The van der Waals surface area contributed by atoms with Gasteiger partial charge in [-0.25, -0.2) is 9.78 Å². The molecule has 21 heteroatoms. The molecule has 74 heavy (non-hydrogen) atoms. The first-order valence-corrected chi connectivity index (χ1v) is 26.5. The van der Waals surface area contributed by atoms with Gasteiger partial charge in [-0.05, 0) is 80.2 Å². The summed E-state index contributed by atoms with van der Waals surface area (Å²) in [7, 11) is 1.73. The third-order valence-corrected chi connectivity index (χ3v) is 16.0. The number of ether oxygens (including phenoxy) is 4. The largest absolute Gasteiger partial charge is 0.460 e. The highest BCUT2D eigenvalue weighted by atomic mass is 32.2. The number of hydrogen-bond donors (Lipinski definition) is 7. The SMILES string of the molecule is CCC1=C(C)c2cc3[nH]c(cc4nc(c5c6[nH]c(cc1n2)c(C)c6C(=O)N(CCN1CCOCC1)C5=O)[C@@H](CCC(=O)N(C)CCN)[C@@H]4C)c(C)c3/C=C/C(=O)OCCOCCS[C@@H]1O[C@H](CO)[C@@H](O)[C@H](O)[C@H]1O. The number of thioether (sulfide) groups is 1. The van der Waals surface area contributed by atoms with Crippen molar-refractivity contribution < 1.29 is 58.6 Å². The van der Waals surface area contributed by atoms with Crippen molar-refractivity contribution in [2.24, 2.45) is 5.73 Å². The molecule has 2 saturated heterocycles. The van der Waals surface area contributed by atoms with Crippen molar-refractivity contribution in [3.63, 3.8) is 0 Å². The number of imide groups is 1. The highest BCUT2D eigenvalue weighted by Gasteiger charge is 2.44. The van der Waals surface area contributed by atoms with E-state index in [0.29, 0.717) is 132 Å². The number of hydrogen-bond acceptors (Lipinski definition) is 17. The molecule has 8 bridgehead atoms. The van der Waals surface area contributed by atoms with Crippen LogP contribution in [-0.2, 0) is 28.5 Å². The normalized spacial score (nSPS) is 23.3. The summed E-state index contributed by atoms with van der Waals surface area (Å²) in [4.78, 5) is 79.3. The molecular weight excluding hydrogens is 973 g/mol. The van der Waals surface area contributed by atoms with Gasteiger partial charge in [0.15, 0.2) is 0 Å². The average Bonchev–Trinajstić information content (AvgIpc) is 4.07. The Labute approximate surface area is 434 Å². The maximum atomic E-state index is 15.1. The number of esters is 1. The lowest BCUT2D eigenvalue weighted by Gasteiger charge is -2.39. The lowest BCUT2D eigenvalue weighted by atomic mass is 9.84. The van der Waals surface area contributed by atoms with Crippen molar-refractivity contribution in [1.29, 1.82) is 0 Å². The summed E-state index contributed by atoms with van der Waals surface area (Å²) in [5.41, 5.74) is 14.9. The third-order valence-electron chi connectivity index (χ3n) is 14.9. The standard InChI is InChI=1S/C53H70N8O12S/c1-7-32-28(2)36-25-40-33(9-11-43(64)72-21-20-71-22-23-74-53-50(67)49(66)48(65)41(27-62)73-53)29(3)35(56-40)24-37-30(4)34(8-10-42(63)59(6)13-12-54)46(57-37)45-47-44(31(5)38(58-47)26-39(32)55-36)51(68)61(52(45)69)15-14-60-16-18-70-19-17-60/h9,11,24-26,30,34,41,48-50,53,56,58,62,65-67H,7-8,10,12-23,27,54H2,1-6H3/b11-9+,35-24?,36-25?,37-24?,38-26?,39-26?,40-25?,46-45?/t30-,34-,41+,48+,49-,50+,53-/m0/s1. The Balaban J connectivity index is 1.15. The van der Waals surface area contributed by atoms with Crippen LogP contribution in [0.25, 0.3) is 39.3 Å². The highest BCUT2D eigenvalue weighted by Crippen LogP contribution is 2.44. The first-order chi connectivity index (χ1) is 35.6. The summed E-state index contributed by atoms with van der Waals surface area (Å²) in [6, 6.07) is 5.85. The van der Waals surface area contributed by atoms with Crippen LogP contribution in [0.2, 0.25) is 0 Å². The summed E-state index contributed by atoms with van der Waals surface area (Å²) >= 11 is 1.17. The number of carbonyl (C=O) groups is 4. The highest BCUT2D eigenvalue weighted by molar-refractivity contribution is 7.99. The summed E-state index contributed by atoms with van der Waals surface area (Å²) < 4.78 is 22.2. The summed E-state index contributed by atoms with van der Waals surface area (Å²) in [6.07, 6.45) is -0.961. The van der Waals surface area contributed by atoms with Gasteiger partial charge in [0.2, 0.25) is 5.91 Å². The topological polar surface area (TPSA) is 279 Å². The van der Waals surface area contributed by atoms with E-state index in [-0.39, 0.29) is 50.5 Å². The van der Waals surface area contributed by atoms with Crippen molar-refractivity contribution in [3.05, 3.63) is 74.9 Å². The lowest BCUT2D eigenvalue weighted by molar-refractivity contribution is -0.205. The molecule has 400 valence electrons. The second-order valence-corrected chi connectivity index (χ2v) is 20.6. The fourth-order valence-corrected chi connectivity index (χ4v) is 11.4. The number of nitrogens with one attached hydrogen (secondary N) is 2. The number of nitrogens with zero attached hydrogens (tertiary/aromatic N) is 5. The van der Waals surface area contributed by atoms with Gasteiger partial charge in [0, 0.05) is 104 Å². The fraction of sp³-hybridized carbons (Fsp3) is 0.547. The van der Waals surface area contributed by atoms with Gasteiger partial charge in [-0.15, -0.1) is 11.8 Å². The minimum absolute atomic E-state index is 0.0369. The molecule has 8 N–H and O–H groups in total. The number of aliphatic hydroxyl groups is 4. The Kier molecular flexibility index (Phi) is 17.9. The molecule has 3 aromatic rings. The van der Waals surface area contributed by atoms with E-state index in [1.165, 1.54) is 22.7 Å². The Morgan fingerprint density at radius 2 is 1.66 bits per heavy atom. The molecule has 0 radical (unpaired) electrons. The number of H-pyrrole nitrogens is 2. The van der Waals surface area contributed by atoms with Gasteiger partial charge in [-0.3, -0.25) is 29.2 Å². The molecule has 0 aliphatic carbocycles. The number of morpholine rings is 1. The number of carbonyl (C=O) groups excluding carboxylic acids is 4. The van der Waals surface area contributed by atoms with Crippen LogP contribution in [0.1, 0.15) is 112 Å². The second kappa shape index (κ2) is 24.1. The molecule has 3 aromatic heterocycles. The molecule has 2 fully saturated rings. The lowest BCUT2D eigenvalue weighted by Crippen LogP contribution is -2.57. The van der Waals surface area contributed by atoms with E-state index < -0.39 is 54.3 Å². The first kappa shape index (κ1) is 54.9. The number of aryl methyl sites for hydroxylation is 2. The predicted octanol–water partition coefficient (Wildman–Crippen LogP) is 3.39. The molecule has 0 saturated carbocycles. The van der Waals surface area contributed by atoms with E-state index in [1.807, 2.05) is 45.9 Å². The van der Waals surface area contributed by atoms with Gasteiger partial charge >= 0.3 is 5.97 Å². The van der Waals surface area contributed by atoms with Crippen LogP contribution in [0.4, 0.5) is 0 Å². The molecular formula is C53H70N8O12S. The van der Waals surface area contributed by atoms with Crippen molar-refractivity contribution in [1.82, 2.24) is 34.6 Å². The van der Waals surface area contributed by atoms with Crippen molar-refractivity contribution in [2.75, 3.05) is 91.7 Å². The molecule has 20 nitrogen and oxygen atoms in total. The van der Waals surface area contributed by atoms with Crippen molar-refractivity contribution >= 4 is 74.7 Å². The maximum absolute atomic E-state index is 15.1. The van der Waals surface area contributed by atoms with Gasteiger partial charge in [0.05, 0.1) is 66.8 Å². The molecule has 7 atom stereocenters. The van der Waals surface area contributed by atoms with Crippen molar-refractivity contribution in [2.45, 2.75) is 95.6 Å². The van der Waals surface area contributed by atoms with Gasteiger partial charge in [-0.1, -0.05) is 13.8 Å². The molecule has 3 amide bonds. The number of fused-ring (bicyclic) bond motifs is 8. The Hall–Kier alpha value is -5.33. The molecule has 8 heterocycles. The van der Waals surface area contributed by atoms with Crippen LogP contribution in [0.3, 0.4) is 0 Å². The van der Waals surface area contributed by atoms with Gasteiger partial charge < -0.3 is 60.0 Å². The number of aliphatic hydroxyl groups excluding tert-OH is 4. The number of likely N-dealkylation sites (N-methyl/N-ethyl adjacent to an activating group) is 1. The van der Waals surface area contributed by atoms with Crippen LogP contribution in [-0.4, -0.2) is 200 Å². The van der Waals surface area contributed by atoms with E-state index in [0.717, 1.165) is 16.7 Å². The summed E-state index contributed by atoms with van der Waals surface area (Å²) in [5, 5.41) is 39.9. The zero-order valence-corrected chi connectivity index (χ0v) is 43.8. The number of amides is 3. The molecule has 0 unspecified atom stereocenters. The van der Waals surface area contributed by atoms with Gasteiger partial charge in [-0.2, -0.15) is 0 Å². The smallest absolute Gasteiger partial charge is 0.330 e. The molecule has 0 aromatic carbocycles. The number of allylic oxidation sites excluding steroid dienone is 2. The minimum Gasteiger partial charge on any atom is -0.460 e. The van der Waals surface area contributed by atoms with Crippen LogP contribution >= 0.6 is 11.8 Å². The second-order valence-electron chi connectivity index (χ2n) is 19.4. The molecule has 8 rings (SSSR count). The van der Waals surface area contributed by atoms with Crippen LogP contribution < -0.4 is 5.73 Å². The number of rotatable bonds is 19. The quantitative estimate of drug-likeness (QED) is 0.0392. The Morgan fingerprint density at radius 1 is 0.932 bits per heavy atom. The monoisotopic (exact) mass is 1040 g/mol. The number of aromatic nitrogens is 4. The minimum atomic E-state index is -1.46. The van der Waals surface area contributed by atoms with E-state index in [4.69, 9.17) is 34.6 Å². The van der Waals surface area contributed by atoms with Crippen LogP contribution in [0.5, 0.6) is 0 Å². The van der Waals surface area contributed by atoms with E-state index >= 15 is 4.79 Å². The van der Waals surface area contributed by atoms with E-state index in [9.17, 15) is 34.8 Å². The average molecular weight is 1040 g/mol. The summed E-state index contributed by atoms with van der Waals surface area (Å²) in [6.45, 7) is 13.6. The van der Waals surface area contributed by atoms with E-state index in [1.54, 1.807) is 18.0 Å².